The van der Waals surface area contributed by atoms with Crippen LogP contribution in [0.15, 0.2) is 24.3 Å². The summed E-state index contributed by atoms with van der Waals surface area (Å²) < 4.78 is 4.39. The van der Waals surface area contributed by atoms with Gasteiger partial charge in [0.2, 0.25) is 6.09 Å². The van der Waals surface area contributed by atoms with E-state index in [1.807, 2.05) is 0 Å². The second-order valence-electron chi connectivity index (χ2n) is 2.74. The summed E-state index contributed by atoms with van der Waals surface area (Å²) in [4.78, 5) is 28.2. The summed E-state index contributed by atoms with van der Waals surface area (Å²) in [7, 11) is 0. The molecular weight excluding hydrogens is 339 g/mol. The van der Waals surface area contributed by atoms with Crippen LogP contribution in [0.5, 0.6) is 0 Å². The Hall–Kier alpha value is -1.81. The van der Waals surface area contributed by atoms with E-state index < -0.39 is 16.1 Å². The average molecular weight is 347 g/mol. The standard InChI is InChI=1S/C8H8N2O4.HNO3.Y/c9-8(11)14-5-6-1-3-7(4-2-6)10(12)13;2-1(3)4;/h1-4H,5H2,(H2,9,11);(H,2,3,4);/p-1. The number of benzene rings is 1. The first-order valence-electron chi connectivity index (χ1n) is 4.28. The monoisotopic (exact) mass is 347 g/mol. The molecule has 0 saturated carbocycles. The van der Waals surface area contributed by atoms with Gasteiger partial charge in [0.05, 0.1) is 4.92 Å². The van der Waals surface area contributed by atoms with Gasteiger partial charge in [0.15, 0.2) is 0 Å². The van der Waals surface area contributed by atoms with E-state index in [0.717, 1.165) is 0 Å². The molecule has 2 N–H and O–H groups in total. The molecule has 10 nitrogen and oxygen atoms in total. The van der Waals surface area contributed by atoms with Gasteiger partial charge < -0.3 is 15.7 Å². The van der Waals surface area contributed by atoms with Crippen LogP contribution in [-0.4, -0.2) is 21.3 Å². The number of nitrogens with one attached hydrogen (secondary N) is 1. The van der Waals surface area contributed by atoms with Gasteiger partial charge in [0, 0.05) is 44.8 Å². The summed E-state index contributed by atoms with van der Waals surface area (Å²) in [5.74, 6) is 0. The third kappa shape index (κ3) is 11.0. The van der Waals surface area contributed by atoms with Gasteiger partial charge in [-0.15, -0.1) is 10.1 Å². The number of carbonyl (C=O) groups excluding carboxylic acids is 1. The van der Waals surface area contributed by atoms with Crippen LogP contribution in [0.25, 0.3) is 5.73 Å². The molecule has 0 aliphatic carbocycles. The number of hydrogen-bond donors (Lipinski definition) is 1. The fraction of sp³-hybridized carbons (Fsp3) is 0.125. The first-order valence-corrected chi connectivity index (χ1v) is 4.28. The predicted molar refractivity (Wildman–Crippen MR) is 56.4 cm³/mol. The van der Waals surface area contributed by atoms with Crippen LogP contribution in [-0.2, 0) is 44.1 Å². The van der Waals surface area contributed by atoms with Crippen LogP contribution in [0.2, 0.25) is 0 Å². The quantitative estimate of drug-likeness (QED) is 0.646. The number of non-ortho nitro benzene ring substituents is 1. The van der Waals surface area contributed by atoms with Crippen molar-refractivity contribution in [3.05, 3.63) is 55.8 Å². The Morgan fingerprint density at radius 3 is 2.00 bits per heavy atom. The number of hydrogen-bond acceptors (Lipinski definition) is 6. The van der Waals surface area contributed by atoms with Gasteiger partial charge in [-0.25, -0.2) is 0 Å². The van der Waals surface area contributed by atoms with Gasteiger partial charge in [-0.05, 0) is 17.7 Å². The Balaban J connectivity index is 0. The molecule has 1 aromatic rings. The zero-order valence-corrected chi connectivity index (χ0v) is 12.2. The van der Waals surface area contributed by atoms with E-state index in [1.165, 1.54) is 24.3 Å². The topological polar surface area (TPSA) is 157 Å². The van der Waals surface area contributed by atoms with Crippen molar-refractivity contribution in [3.8, 4) is 0 Å². The SMILES string of the molecule is O=[N+]([O-])O.[NH-]C(=O)OCc1ccc([N+](=O)[O-])cc1.[Y]. The minimum atomic E-state index is -1.50. The minimum absolute atomic E-state index is 0. The van der Waals surface area contributed by atoms with E-state index >= 15 is 0 Å². The summed E-state index contributed by atoms with van der Waals surface area (Å²) in [6.45, 7) is -0.0413. The van der Waals surface area contributed by atoms with Crippen LogP contribution in [0.4, 0.5) is 10.5 Å². The molecular formula is C8H8N3O7Y-. The van der Waals surface area contributed by atoms with Crippen molar-refractivity contribution in [2.24, 2.45) is 0 Å². The maximum Gasteiger partial charge on any atom is 0.291 e. The van der Waals surface area contributed by atoms with E-state index in [2.05, 4.69) is 4.74 Å². The molecule has 1 radical (unpaired) electrons. The molecule has 11 heteroatoms. The second kappa shape index (κ2) is 10.1. The van der Waals surface area contributed by atoms with Crippen molar-refractivity contribution in [1.82, 2.24) is 0 Å². The third-order valence-electron chi connectivity index (χ3n) is 1.52. The molecule has 0 aromatic heterocycles. The molecule has 19 heavy (non-hydrogen) atoms. The van der Waals surface area contributed by atoms with E-state index in [0.29, 0.717) is 5.56 Å². The molecule has 0 aliphatic heterocycles. The summed E-state index contributed by atoms with van der Waals surface area (Å²) >= 11 is 0. The summed E-state index contributed by atoms with van der Waals surface area (Å²) in [6, 6.07) is 5.57. The maximum atomic E-state index is 10.3. The Kier molecular flexibility index (Phi) is 10.4. The van der Waals surface area contributed by atoms with Crippen LogP contribution < -0.4 is 0 Å². The van der Waals surface area contributed by atoms with Gasteiger partial charge in [-0.2, -0.15) is 0 Å². The molecule has 0 spiro atoms. The van der Waals surface area contributed by atoms with Crippen LogP contribution in [0.1, 0.15) is 5.56 Å². The molecule has 1 aromatic carbocycles. The fourth-order valence-corrected chi connectivity index (χ4v) is 0.863. The Labute approximate surface area is 131 Å². The van der Waals surface area contributed by atoms with Crippen LogP contribution in [0.3, 0.4) is 0 Å². The number of ether oxygens (including phenoxy) is 1. The number of carbonyl (C=O) groups is 1. The van der Waals surface area contributed by atoms with Gasteiger partial charge >= 0.3 is 0 Å². The van der Waals surface area contributed by atoms with E-state index in [9.17, 15) is 14.9 Å². The second-order valence-corrected chi connectivity index (χ2v) is 2.74. The largest absolute Gasteiger partial charge is 0.632 e. The third-order valence-corrected chi connectivity index (χ3v) is 1.52. The van der Waals surface area contributed by atoms with Gasteiger partial charge in [0.1, 0.15) is 6.61 Å². The van der Waals surface area contributed by atoms with Crippen molar-refractivity contribution in [3.63, 3.8) is 0 Å². The first kappa shape index (κ1) is 19.5. The number of amides is 1. The summed E-state index contributed by atoms with van der Waals surface area (Å²) in [5, 5.41) is 23.9. The molecule has 0 heterocycles. The summed E-state index contributed by atoms with van der Waals surface area (Å²) in [5.41, 5.74) is 7.05. The minimum Gasteiger partial charge on any atom is -0.632 e. The van der Waals surface area contributed by atoms with E-state index in [1.54, 1.807) is 0 Å². The van der Waals surface area contributed by atoms with Crippen molar-refractivity contribution < 1.29 is 57.5 Å². The fourth-order valence-electron chi connectivity index (χ4n) is 0.863. The van der Waals surface area contributed by atoms with Crippen molar-refractivity contribution in [1.29, 1.82) is 0 Å². The van der Waals surface area contributed by atoms with Gasteiger partial charge in [-0.3, -0.25) is 14.9 Å². The number of nitro groups is 1. The molecule has 0 bridgehead atoms. The molecule has 1 amide bonds. The summed E-state index contributed by atoms with van der Waals surface area (Å²) in [6.07, 6.45) is -1.12. The van der Waals surface area contributed by atoms with Crippen LogP contribution >= 0.6 is 0 Å². The van der Waals surface area contributed by atoms with Gasteiger partial charge in [0.25, 0.3) is 10.8 Å². The Bertz CT molecular complexity index is 432. The molecule has 0 unspecified atom stereocenters. The number of nitrogens with zero attached hydrogens (tertiary/aromatic N) is 2. The predicted octanol–water partition coefficient (Wildman–Crippen LogP) is 1.93. The average Bonchev–Trinajstić information content (AvgIpc) is 2.26. The zero-order chi connectivity index (χ0) is 14.1. The molecule has 0 saturated heterocycles. The van der Waals surface area contributed by atoms with E-state index in [-0.39, 0.29) is 45.0 Å². The smallest absolute Gasteiger partial charge is 0.291 e. The van der Waals surface area contributed by atoms with Crippen molar-refractivity contribution in [2.75, 3.05) is 0 Å². The maximum absolute atomic E-state index is 10.3. The normalized spacial score (nSPS) is 8.21. The molecule has 1 rings (SSSR count). The molecule has 0 fully saturated rings. The number of nitro benzene ring substituents is 1. The van der Waals surface area contributed by atoms with Crippen molar-refractivity contribution >= 4 is 11.8 Å². The molecule has 101 valence electrons. The van der Waals surface area contributed by atoms with Crippen LogP contribution in [0, 0.1) is 20.2 Å². The van der Waals surface area contributed by atoms with E-state index in [4.69, 9.17) is 21.1 Å². The van der Waals surface area contributed by atoms with Gasteiger partial charge in [-0.1, -0.05) is 0 Å². The molecule has 0 atom stereocenters. The molecule has 0 aliphatic rings. The Morgan fingerprint density at radius 1 is 1.26 bits per heavy atom. The Morgan fingerprint density at radius 2 is 1.68 bits per heavy atom. The first-order chi connectivity index (χ1) is 8.32. The van der Waals surface area contributed by atoms with Crippen molar-refractivity contribution in [2.45, 2.75) is 6.61 Å². The number of rotatable bonds is 3. The zero-order valence-electron chi connectivity index (χ0n) is 9.38.